The number of hydrogen-bond acceptors (Lipinski definition) is 1. The second-order valence-electron chi connectivity index (χ2n) is 8.00. The van der Waals surface area contributed by atoms with Gasteiger partial charge in [-0.3, -0.25) is 4.79 Å². The van der Waals surface area contributed by atoms with Gasteiger partial charge in [-0.1, -0.05) is 84.9 Å². The normalized spacial score (nSPS) is 15.7. The smallest absolute Gasteiger partial charge is 0.220 e. The minimum Gasteiger partial charge on any atom is -0.355 e. The largest absolute Gasteiger partial charge is 0.355 e. The number of hydrogen-bond donors (Lipinski definition) is 1. The van der Waals surface area contributed by atoms with E-state index < -0.39 is 0 Å². The molecule has 3 aromatic carbocycles. The lowest BCUT2D eigenvalue weighted by atomic mass is 9.80. The molecule has 148 valence electrons. The summed E-state index contributed by atoms with van der Waals surface area (Å²) >= 11 is 0. The van der Waals surface area contributed by atoms with Crippen LogP contribution in [-0.2, 0) is 11.2 Å². The number of benzene rings is 3. The fraction of sp³-hybridized carbons (Fsp3) is 0.296. The van der Waals surface area contributed by atoms with Gasteiger partial charge in [0.15, 0.2) is 0 Å². The van der Waals surface area contributed by atoms with Crippen molar-refractivity contribution < 1.29 is 4.79 Å². The zero-order chi connectivity index (χ0) is 19.9. The van der Waals surface area contributed by atoms with Gasteiger partial charge in [-0.05, 0) is 53.9 Å². The van der Waals surface area contributed by atoms with Gasteiger partial charge < -0.3 is 5.32 Å². The molecule has 1 aliphatic carbocycles. The van der Waals surface area contributed by atoms with Gasteiger partial charge in [-0.15, -0.1) is 0 Å². The van der Waals surface area contributed by atoms with Crippen LogP contribution in [0.4, 0.5) is 0 Å². The average molecular weight is 384 g/mol. The van der Waals surface area contributed by atoms with E-state index in [-0.39, 0.29) is 11.8 Å². The Morgan fingerprint density at radius 1 is 0.862 bits per heavy atom. The van der Waals surface area contributed by atoms with Gasteiger partial charge >= 0.3 is 0 Å². The topological polar surface area (TPSA) is 29.1 Å². The Morgan fingerprint density at radius 2 is 1.48 bits per heavy atom. The lowest BCUT2D eigenvalue weighted by Gasteiger charge is -2.25. The highest BCUT2D eigenvalue weighted by Gasteiger charge is 2.21. The van der Waals surface area contributed by atoms with E-state index in [1.165, 1.54) is 41.5 Å². The Bertz CT molecular complexity index is 880. The van der Waals surface area contributed by atoms with Crippen molar-refractivity contribution in [3.05, 3.63) is 107 Å². The van der Waals surface area contributed by atoms with Crippen LogP contribution in [0.25, 0.3) is 0 Å². The standard InChI is InChI=1S/C27H29NO/c29-27(19-18-24-16-9-15-21-14-7-8-17-25(21)24)28-20-26(22-10-3-1-4-11-22)23-12-5-2-6-13-23/h1-8,10-14,17,24,26H,9,15-16,18-20H2,(H,28,29). The molecule has 0 aromatic heterocycles. The monoisotopic (exact) mass is 383 g/mol. The Hall–Kier alpha value is -2.87. The van der Waals surface area contributed by atoms with Crippen molar-refractivity contribution in [3.63, 3.8) is 0 Å². The van der Waals surface area contributed by atoms with Crippen LogP contribution >= 0.6 is 0 Å². The van der Waals surface area contributed by atoms with Crippen molar-refractivity contribution >= 4 is 5.91 Å². The second-order valence-corrected chi connectivity index (χ2v) is 8.00. The van der Waals surface area contributed by atoms with Crippen LogP contribution in [-0.4, -0.2) is 12.5 Å². The summed E-state index contributed by atoms with van der Waals surface area (Å²) in [5.41, 5.74) is 5.40. The summed E-state index contributed by atoms with van der Waals surface area (Å²) in [7, 11) is 0. The Kier molecular flexibility index (Phi) is 6.41. The predicted molar refractivity (Wildman–Crippen MR) is 119 cm³/mol. The van der Waals surface area contributed by atoms with E-state index in [9.17, 15) is 4.79 Å². The van der Waals surface area contributed by atoms with Crippen LogP contribution in [0.1, 0.15) is 59.8 Å². The molecule has 2 heteroatoms. The first-order chi connectivity index (χ1) is 14.3. The fourth-order valence-electron chi connectivity index (χ4n) is 4.56. The van der Waals surface area contributed by atoms with E-state index in [2.05, 4.69) is 78.1 Å². The summed E-state index contributed by atoms with van der Waals surface area (Å²) in [5.74, 6) is 0.853. The highest BCUT2D eigenvalue weighted by atomic mass is 16.1. The number of aryl methyl sites for hydroxylation is 1. The van der Waals surface area contributed by atoms with E-state index in [0.717, 1.165) is 6.42 Å². The highest BCUT2D eigenvalue weighted by molar-refractivity contribution is 5.76. The lowest BCUT2D eigenvalue weighted by molar-refractivity contribution is -0.121. The molecular weight excluding hydrogens is 354 g/mol. The molecule has 1 N–H and O–H groups in total. The molecule has 0 bridgehead atoms. The third kappa shape index (κ3) is 4.95. The fourth-order valence-corrected chi connectivity index (χ4v) is 4.56. The molecule has 0 radical (unpaired) electrons. The summed E-state index contributed by atoms with van der Waals surface area (Å²) in [6.07, 6.45) is 5.13. The summed E-state index contributed by atoms with van der Waals surface area (Å²) in [4.78, 5) is 12.7. The molecule has 4 rings (SSSR count). The van der Waals surface area contributed by atoms with Crippen molar-refractivity contribution in [2.45, 2.75) is 43.9 Å². The van der Waals surface area contributed by atoms with Gasteiger partial charge in [-0.2, -0.15) is 0 Å². The molecule has 1 unspecified atom stereocenters. The number of nitrogens with one attached hydrogen (secondary N) is 1. The maximum atomic E-state index is 12.7. The molecule has 0 fully saturated rings. The van der Waals surface area contributed by atoms with Crippen molar-refractivity contribution in [2.75, 3.05) is 6.54 Å². The Morgan fingerprint density at radius 3 is 2.17 bits per heavy atom. The molecule has 1 aliphatic rings. The summed E-state index contributed by atoms with van der Waals surface area (Å²) in [5, 5.41) is 3.20. The van der Waals surface area contributed by atoms with Gasteiger partial charge in [-0.25, -0.2) is 0 Å². The van der Waals surface area contributed by atoms with Gasteiger partial charge in [0.2, 0.25) is 5.91 Å². The summed E-state index contributed by atoms with van der Waals surface area (Å²) < 4.78 is 0. The van der Waals surface area contributed by atoms with Crippen molar-refractivity contribution in [1.82, 2.24) is 5.32 Å². The van der Waals surface area contributed by atoms with Crippen LogP contribution < -0.4 is 5.32 Å². The summed E-state index contributed by atoms with van der Waals surface area (Å²) in [6.45, 7) is 0.633. The molecule has 3 aromatic rings. The average Bonchev–Trinajstić information content (AvgIpc) is 2.79. The van der Waals surface area contributed by atoms with Gasteiger partial charge in [0, 0.05) is 18.9 Å². The molecule has 0 spiro atoms. The lowest BCUT2D eigenvalue weighted by Crippen LogP contribution is -2.29. The van der Waals surface area contributed by atoms with Crippen LogP contribution in [0.15, 0.2) is 84.9 Å². The molecule has 0 saturated heterocycles. The van der Waals surface area contributed by atoms with E-state index >= 15 is 0 Å². The van der Waals surface area contributed by atoms with Crippen LogP contribution in [0.2, 0.25) is 0 Å². The molecule has 1 atom stereocenters. The van der Waals surface area contributed by atoms with E-state index in [4.69, 9.17) is 0 Å². The number of amides is 1. The van der Waals surface area contributed by atoms with Crippen LogP contribution in [0.5, 0.6) is 0 Å². The first-order valence-corrected chi connectivity index (χ1v) is 10.8. The summed E-state index contributed by atoms with van der Waals surface area (Å²) in [6, 6.07) is 29.6. The molecule has 0 heterocycles. The van der Waals surface area contributed by atoms with E-state index in [1.807, 2.05) is 12.1 Å². The quantitative estimate of drug-likeness (QED) is 0.546. The number of rotatable bonds is 7. The third-order valence-electron chi connectivity index (χ3n) is 6.12. The Balaban J connectivity index is 1.37. The zero-order valence-corrected chi connectivity index (χ0v) is 16.9. The van der Waals surface area contributed by atoms with Crippen molar-refractivity contribution in [2.24, 2.45) is 0 Å². The minimum atomic E-state index is 0.157. The van der Waals surface area contributed by atoms with Crippen molar-refractivity contribution in [3.8, 4) is 0 Å². The molecule has 29 heavy (non-hydrogen) atoms. The SMILES string of the molecule is O=C(CCC1CCCc2ccccc21)NCC(c1ccccc1)c1ccccc1. The molecule has 2 nitrogen and oxygen atoms in total. The predicted octanol–water partition coefficient (Wildman–Crippen LogP) is 5.84. The van der Waals surface area contributed by atoms with Crippen LogP contribution in [0, 0.1) is 0 Å². The molecule has 0 saturated carbocycles. The van der Waals surface area contributed by atoms with Gasteiger partial charge in [0.1, 0.15) is 0 Å². The number of carbonyl (C=O) groups excluding carboxylic acids is 1. The van der Waals surface area contributed by atoms with Crippen molar-refractivity contribution in [1.29, 1.82) is 0 Å². The number of carbonyl (C=O) groups is 1. The van der Waals surface area contributed by atoms with Gasteiger partial charge in [0.25, 0.3) is 0 Å². The maximum absolute atomic E-state index is 12.7. The second kappa shape index (κ2) is 9.56. The van der Waals surface area contributed by atoms with E-state index in [1.54, 1.807) is 0 Å². The number of fused-ring (bicyclic) bond motifs is 1. The van der Waals surface area contributed by atoms with Gasteiger partial charge in [0.05, 0.1) is 0 Å². The minimum absolute atomic E-state index is 0.157. The highest BCUT2D eigenvalue weighted by Crippen LogP contribution is 2.34. The first-order valence-electron chi connectivity index (χ1n) is 10.8. The Labute approximate surface area is 174 Å². The first kappa shape index (κ1) is 19.4. The van der Waals surface area contributed by atoms with E-state index in [0.29, 0.717) is 18.9 Å². The molecule has 1 amide bonds. The zero-order valence-electron chi connectivity index (χ0n) is 16.9. The molecular formula is C27H29NO. The molecule has 0 aliphatic heterocycles. The maximum Gasteiger partial charge on any atom is 0.220 e. The van der Waals surface area contributed by atoms with Crippen LogP contribution in [0.3, 0.4) is 0 Å². The third-order valence-corrected chi connectivity index (χ3v) is 6.12.